The first-order valence-electron chi connectivity index (χ1n) is 6.71. The summed E-state index contributed by atoms with van der Waals surface area (Å²) in [6.45, 7) is 1.22. The average molecular weight is 266 g/mol. The molecule has 0 bridgehead atoms. The number of aromatic hydroxyl groups is 1. The zero-order chi connectivity index (χ0) is 13.3. The first-order chi connectivity index (χ1) is 9.81. The van der Waals surface area contributed by atoms with Crippen LogP contribution in [0.1, 0.15) is 5.56 Å². The Morgan fingerprint density at radius 1 is 1.10 bits per heavy atom. The topological polar surface area (TPSA) is 42.6 Å². The van der Waals surface area contributed by atoms with Crippen molar-refractivity contribution in [3.05, 3.63) is 36.0 Å². The molecule has 98 valence electrons. The van der Waals surface area contributed by atoms with Crippen molar-refractivity contribution in [1.29, 1.82) is 0 Å². The minimum atomic E-state index is 0.265. The Kier molecular flexibility index (Phi) is 1.72. The van der Waals surface area contributed by atoms with E-state index in [0.29, 0.717) is 5.75 Å². The maximum atomic E-state index is 10.3. The second-order valence-electron chi connectivity index (χ2n) is 5.33. The van der Waals surface area contributed by atoms with E-state index in [2.05, 4.69) is 10.8 Å². The van der Waals surface area contributed by atoms with Crippen molar-refractivity contribution in [3.63, 3.8) is 0 Å². The summed E-state index contributed by atoms with van der Waals surface area (Å²) in [5.74, 6) is 1.85. The van der Waals surface area contributed by atoms with Gasteiger partial charge in [0, 0.05) is 17.4 Å². The molecule has 0 fully saturated rings. The van der Waals surface area contributed by atoms with Gasteiger partial charge in [-0.3, -0.25) is 0 Å². The third-order valence-corrected chi connectivity index (χ3v) is 4.26. The predicted molar refractivity (Wildman–Crippen MR) is 73.1 cm³/mol. The zero-order valence-corrected chi connectivity index (χ0v) is 10.7. The Hall–Kier alpha value is -2.49. The summed E-state index contributed by atoms with van der Waals surface area (Å²) in [5, 5.41) is 13.3. The number of phenolic OH excluding ortho intramolecular Hbond substituents is 1. The van der Waals surface area contributed by atoms with Crippen molar-refractivity contribution in [2.75, 3.05) is 6.79 Å². The van der Waals surface area contributed by atoms with Gasteiger partial charge in [0.1, 0.15) is 5.75 Å². The van der Waals surface area contributed by atoms with Crippen molar-refractivity contribution in [2.24, 2.45) is 0 Å². The molecule has 1 N–H and O–H groups in total. The predicted octanol–water partition coefficient (Wildman–Crippen LogP) is 2.27. The number of pyridine rings is 1. The van der Waals surface area contributed by atoms with Gasteiger partial charge >= 0.3 is 0 Å². The number of aryl methyl sites for hydroxylation is 2. The van der Waals surface area contributed by atoms with Gasteiger partial charge < -0.3 is 14.6 Å². The molecule has 4 nitrogen and oxygen atoms in total. The van der Waals surface area contributed by atoms with Crippen LogP contribution in [0.15, 0.2) is 30.5 Å². The van der Waals surface area contributed by atoms with Crippen LogP contribution in [-0.4, -0.2) is 11.9 Å². The van der Waals surface area contributed by atoms with E-state index in [1.54, 1.807) is 6.07 Å². The molecule has 0 aliphatic carbocycles. The molecule has 0 saturated carbocycles. The molecule has 0 spiro atoms. The smallest absolute Gasteiger partial charge is 0.231 e. The first kappa shape index (κ1) is 10.3. The standard InChI is InChI=1S/C16H11NO3/c18-12-2-1-9-3-4-17-7-10-5-13-14(20-8-19-13)6-11(10)15(12)16(9)17/h1-2,5-7H,3-4,8H2/p+1. The molecule has 3 heterocycles. The van der Waals surface area contributed by atoms with Crippen LogP contribution < -0.4 is 14.0 Å². The number of ether oxygens (including phenoxy) is 2. The van der Waals surface area contributed by atoms with Gasteiger partial charge in [0.2, 0.25) is 12.3 Å². The Bertz CT molecular complexity index is 901. The lowest BCUT2D eigenvalue weighted by Crippen LogP contribution is -2.30. The number of nitrogens with zero attached hydrogens (tertiary/aromatic N) is 1. The zero-order valence-electron chi connectivity index (χ0n) is 10.7. The molecule has 0 radical (unpaired) electrons. The molecule has 2 aromatic carbocycles. The van der Waals surface area contributed by atoms with Gasteiger partial charge in [-0.15, -0.1) is 0 Å². The summed E-state index contributed by atoms with van der Waals surface area (Å²) in [5.41, 5.74) is 2.42. The number of hydrogen-bond donors (Lipinski definition) is 1. The minimum Gasteiger partial charge on any atom is -0.507 e. The lowest BCUT2D eigenvalue weighted by atomic mass is 10.0. The molecule has 3 aromatic rings. The second-order valence-corrected chi connectivity index (χ2v) is 5.33. The molecule has 2 aliphatic heterocycles. The van der Waals surface area contributed by atoms with Crippen LogP contribution >= 0.6 is 0 Å². The van der Waals surface area contributed by atoms with Crippen molar-refractivity contribution >= 4 is 21.7 Å². The third-order valence-electron chi connectivity index (χ3n) is 4.26. The van der Waals surface area contributed by atoms with E-state index in [0.717, 1.165) is 46.1 Å². The summed E-state index contributed by atoms with van der Waals surface area (Å²) < 4.78 is 13.1. The van der Waals surface area contributed by atoms with E-state index in [1.165, 1.54) is 5.56 Å². The van der Waals surface area contributed by atoms with E-state index in [1.807, 2.05) is 18.2 Å². The van der Waals surface area contributed by atoms with E-state index < -0.39 is 0 Å². The van der Waals surface area contributed by atoms with Gasteiger partial charge in [0.05, 0.1) is 10.8 Å². The summed E-state index contributed by atoms with van der Waals surface area (Å²) >= 11 is 0. The normalized spacial score (nSPS) is 15.4. The van der Waals surface area contributed by atoms with Crippen LogP contribution in [0.3, 0.4) is 0 Å². The molecule has 0 amide bonds. The molecule has 0 atom stereocenters. The highest BCUT2D eigenvalue weighted by atomic mass is 16.7. The summed E-state index contributed by atoms with van der Waals surface area (Å²) in [7, 11) is 0. The summed E-state index contributed by atoms with van der Waals surface area (Å²) in [6, 6.07) is 7.77. The molecule has 5 rings (SSSR count). The van der Waals surface area contributed by atoms with E-state index >= 15 is 0 Å². The van der Waals surface area contributed by atoms with Crippen LogP contribution in [0.2, 0.25) is 0 Å². The van der Waals surface area contributed by atoms with Crippen LogP contribution in [0, 0.1) is 0 Å². The monoisotopic (exact) mass is 266 g/mol. The maximum absolute atomic E-state index is 10.3. The van der Waals surface area contributed by atoms with Gasteiger partial charge in [0.15, 0.2) is 24.2 Å². The number of benzene rings is 2. The van der Waals surface area contributed by atoms with Crippen molar-refractivity contribution < 1.29 is 19.1 Å². The van der Waals surface area contributed by atoms with Crippen molar-refractivity contribution in [1.82, 2.24) is 0 Å². The van der Waals surface area contributed by atoms with Gasteiger partial charge in [0.25, 0.3) is 0 Å². The summed E-state index contributed by atoms with van der Waals surface area (Å²) in [4.78, 5) is 0. The first-order valence-corrected chi connectivity index (χ1v) is 6.71. The van der Waals surface area contributed by atoms with E-state index in [9.17, 15) is 5.11 Å². The van der Waals surface area contributed by atoms with E-state index in [4.69, 9.17) is 9.47 Å². The Labute approximate surface area is 114 Å². The largest absolute Gasteiger partial charge is 0.507 e. The molecular formula is C16H12NO3+. The fourth-order valence-electron chi connectivity index (χ4n) is 3.35. The van der Waals surface area contributed by atoms with Gasteiger partial charge in [-0.05, 0) is 24.3 Å². The molecule has 0 unspecified atom stereocenters. The van der Waals surface area contributed by atoms with Crippen LogP contribution in [-0.2, 0) is 13.0 Å². The number of aromatic nitrogens is 1. The Balaban J connectivity index is 2.04. The SMILES string of the molecule is Oc1ccc2c3c1c1cc4c(cc1c[n+]3CC2)OCO4. The van der Waals surface area contributed by atoms with E-state index in [-0.39, 0.29) is 6.79 Å². The lowest BCUT2D eigenvalue weighted by Gasteiger charge is -2.05. The maximum Gasteiger partial charge on any atom is 0.231 e. The molecule has 20 heavy (non-hydrogen) atoms. The molecule has 1 aromatic heterocycles. The minimum absolute atomic E-state index is 0.265. The fraction of sp³-hybridized carbons (Fsp3) is 0.188. The molecule has 0 saturated heterocycles. The molecular weight excluding hydrogens is 254 g/mol. The van der Waals surface area contributed by atoms with Crippen molar-refractivity contribution in [2.45, 2.75) is 13.0 Å². The van der Waals surface area contributed by atoms with Gasteiger partial charge in [-0.2, -0.15) is 4.57 Å². The molecule has 4 heteroatoms. The number of fused-ring (bicyclic) bond motifs is 3. The highest BCUT2D eigenvalue weighted by Crippen LogP contribution is 2.41. The Morgan fingerprint density at radius 3 is 2.85 bits per heavy atom. The second kappa shape index (κ2) is 3.33. The number of hydrogen-bond acceptors (Lipinski definition) is 3. The quantitative estimate of drug-likeness (QED) is 0.501. The lowest BCUT2D eigenvalue weighted by molar-refractivity contribution is -0.662. The van der Waals surface area contributed by atoms with Crippen LogP contribution in [0.5, 0.6) is 17.2 Å². The van der Waals surface area contributed by atoms with Gasteiger partial charge in [-0.25, -0.2) is 0 Å². The highest BCUT2D eigenvalue weighted by Gasteiger charge is 2.27. The third kappa shape index (κ3) is 1.14. The van der Waals surface area contributed by atoms with Crippen LogP contribution in [0.25, 0.3) is 21.7 Å². The number of phenols is 1. The molecule has 2 aliphatic rings. The number of rotatable bonds is 0. The average Bonchev–Trinajstić information content (AvgIpc) is 3.06. The summed E-state index contributed by atoms with van der Waals surface area (Å²) in [6.07, 6.45) is 3.15. The fourth-order valence-corrected chi connectivity index (χ4v) is 3.35. The van der Waals surface area contributed by atoms with Crippen molar-refractivity contribution in [3.8, 4) is 17.2 Å². The van der Waals surface area contributed by atoms with Crippen LogP contribution in [0.4, 0.5) is 0 Å². The highest BCUT2D eigenvalue weighted by molar-refractivity contribution is 6.09. The Morgan fingerprint density at radius 2 is 1.95 bits per heavy atom. The van der Waals surface area contributed by atoms with Gasteiger partial charge in [-0.1, -0.05) is 0 Å².